The van der Waals surface area contributed by atoms with Crippen LogP contribution in [0.4, 0.5) is 0 Å². The fraction of sp³-hybridized carbons (Fsp3) is 0.286. The van der Waals surface area contributed by atoms with Crippen LogP contribution in [0.5, 0.6) is 11.8 Å². The molecule has 5 N–H and O–H groups in total. The van der Waals surface area contributed by atoms with Gasteiger partial charge in [0.05, 0.1) is 11.6 Å². The van der Waals surface area contributed by atoms with Crippen LogP contribution >= 0.6 is 0 Å². The molecule has 1 aromatic heterocycles. The molecule has 0 aliphatic rings. The van der Waals surface area contributed by atoms with Gasteiger partial charge in [0.1, 0.15) is 6.10 Å². The Kier molecular flexibility index (Phi) is 3.50. The lowest BCUT2D eigenvalue weighted by Gasteiger charge is -2.19. The van der Waals surface area contributed by atoms with Crippen LogP contribution in [0, 0.1) is 6.92 Å². The van der Waals surface area contributed by atoms with Gasteiger partial charge in [-0.3, -0.25) is 4.57 Å². The Morgan fingerprint density at radius 2 is 1.68 bits per heavy atom. The van der Waals surface area contributed by atoms with E-state index in [9.17, 15) is 15.3 Å². The zero-order valence-corrected chi connectivity index (χ0v) is 10.9. The van der Waals surface area contributed by atoms with E-state index in [4.69, 9.17) is 5.73 Å². The van der Waals surface area contributed by atoms with Gasteiger partial charge in [0.25, 0.3) is 0 Å². The summed E-state index contributed by atoms with van der Waals surface area (Å²) in [5, 5.41) is 30.0. The molecule has 102 valence electrons. The zero-order chi connectivity index (χ0) is 14.2. The lowest BCUT2D eigenvalue weighted by Crippen LogP contribution is -2.19. The predicted molar refractivity (Wildman–Crippen MR) is 71.8 cm³/mol. The average molecular weight is 262 g/mol. The van der Waals surface area contributed by atoms with Crippen LogP contribution in [0.15, 0.2) is 30.3 Å². The van der Waals surface area contributed by atoms with Crippen LogP contribution in [0.2, 0.25) is 0 Å². The highest BCUT2D eigenvalue weighted by atomic mass is 16.3. The van der Waals surface area contributed by atoms with Crippen molar-refractivity contribution in [1.82, 2.24) is 4.57 Å². The molecule has 0 aliphatic carbocycles. The SMILES string of the molecule is Cc1c(C(O)C(N)c2ccccc2)c(O)n(C)c1O. The molecule has 0 amide bonds. The van der Waals surface area contributed by atoms with E-state index in [0.29, 0.717) is 5.56 Å². The van der Waals surface area contributed by atoms with Crippen molar-refractivity contribution in [2.75, 3.05) is 0 Å². The molecule has 2 aromatic rings. The summed E-state index contributed by atoms with van der Waals surface area (Å²) in [7, 11) is 1.52. The van der Waals surface area contributed by atoms with Crippen molar-refractivity contribution >= 4 is 0 Å². The molecule has 2 rings (SSSR count). The van der Waals surface area contributed by atoms with Crippen molar-refractivity contribution in [3.63, 3.8) is 0 Å². The number of nitrogens with two attached hydrogens (primary N) is 1. The van der Waals surface area contributed by atoms with Gasteiger partial charge in [0.2, 0.25) is 0 Å². The normalized spacial score (nSPS) is 14.3. The molecule has 5 nitrogen and oxygen atoms in total. The van der Waals surface area contributed by atoms with Crippen LogP contribution in [0.25, 0.3) is 0 Å². The number of aliphatic hydroxyl groups is 1. The summed E-state index contributed by atoms with van der Waals surface area (Å²) < 4.78 is 1.21. The Morgan fingerprint density at radius 1 is 1.11 bits per heavy atom. The van der Waals surface area contributed by atoms with E-state index in [1.165, 1.54) is 11.6 Å². The van der Waals surface area contributed by atoms with Gasteiger partial charge in [0, 0.05) is 12.6 Å². The fourth-order valence-corrected chi connectivity index (χ4v) is 2.21. The van der Waals surface area contributed by atoms with E-state index in [2.05, 4.69) is 0 Å². The summed E-state index contributed by atoms with van der Waals surface area (Å²) in [6.45, 7) is 1.63. The second-order valence-corrected chi connectivity index (χ2v) is 4.63. The minimum atomic E-state index is -1.09. The molecule has 0 aliphatic heterocycles. The lowest BCUT2D eigenvalue weighted by atomic mass is 9.96. The van der Waals surface area contributed by atoms with E-state index in [1.54, 1.807) is 6.92 Å². The molecule has 0 fully saturated rings. The second kappa shape index (κ2) is 4.95. The summed E-state index contributed by atoms with van der Waals surface area (Å²) in [6, 6.07) is 8.47. The number of aromatic nitrogens is 1. The number of rotatable bonds is 3. The zero-order valence-electron chi connectivity index (χ0n) is 10.9. The monoisotopic (exact) mass is 262 g/mol. The molecule has 2 unspecified atom stereocenters. The van der Waals surface area contributed by atoms with Crippen molar-refractivity contribution < 1.29 is 15.3 Å². The van der Waals surface area contributed by atoms with Gasteiger partial charge in [-0.25, -0.2) is 0 Å². The highest BCUT2D eigenvalue weighted by Crippen LogP contribution is 2.40. The Bertz CT molecular complexity index is 553. The summed E-state index contributed by atoms with van der Waals surface area (Å²) in [6.07, 6.45) is -1.09. The quantitative estimate of drug-likeness (QED) is 0.674. The third-order valence-electron chi connectivity index (χ3n) is 3.44. The first kappa shape index (κ1) is 13.5. The second-order valence-electron chi connectivity index (χ2n) is 4.63. The third-order valence-corrected chi connectivity index (χ3v) is 3.44. The first-order chi connectivity index (χ1) is 8.95. The molecule has 0 spiro atoms. The number of benzene rings is 1. The van der Waals surface area contributed by atoms with Gasteiger partial charge in [-0.2, -0.15) is 0 Å². The van der Waals surface area contributed by atoms with E-state index < -0.39 is 12.1 Å². The molecule has 19 heavy (non-hydrogen) atoms. The van der Waals surface area contributed by atoms with Gasteiger partial charge in [0.15, 0.2) is 11.8 Å². The van der Waals surface area contributed by atoms with Crippen LogP contribution in [0.1, 0.15) is 28.8 Å². The first-order valence-corrected chi connectivity index (χ1v) is 6.00. The molecular formula is C14H18N2O3. The van der Waals surface area contributed by atoms with Gasteiger partial charge in [-0.15, -0.1) is 0 Å². The number of aromatic hydroxyl groups is 2. The number of hydrogen-bond donors (Lipinski definition) is 4. The van der Waals surface area contributed by atoms with Gasteiger partial charge < -0.3 is 21.1 Å². The van der Waals surface area contributed by atoms with Crippen molar-refractivity contribution in [2.45, 2.75) is 19.1 Å². The smallest absolute Gasteiger partial charge is 0.199 e. The summed E-state index contributed by atoms with van der Waals surface area (Å²) in [4.78, 5) is 0. The molecule has 5 heteroatoms. The third kappa shape index (κ3) is 2.18. The Balaban J connectivity index is 2.40. The standard InChI is InChI=1S/C14H18N2O3/c1-8-10(14(19)16(2)13(8)18)12(17)11(15)9-6-4-3-5-7-9/h3-7,11-12,17-19H,15H2,1-2H3. The molecule has 0 bridgehead atoms. The summed E-state index contributed by atoms with van der Waals surface area (Å²) >= 11 is 0. The molecule has 0 saturated carbocycles. The van der Waals surface area contributed by atoms with E-state index in [-0.39, 0.29) is 17.3 Å². The van der Waals surface area contributed by atoms with Crippen LogP contribution in [-0.2, 0) is 7.05 Å². The molecule has 0 radical (unpaired) electrons. The topological polar surface area (TPSA) is 91.6 Å². The fourth-order valence-electron chi connectivity index (χ4n) is 2.21. The van der Waals surface area contributed by atoms with Crippen molar-refractivity contribution in [3.8, 4) is 11.8 Å². The summed E-state index contributed by atoms with van der Waals surface area (Å²) in [5.74, 6) is -0.249. The van der Waals surface area contributed by atoms with E-state index >= 15 is 0 Å². The minimum Gasteiger partial charge on any atom is -0.494 e. The highest BCUT2D eigenvalue weighted by molar-refractivity contribution is 5.46. The summed E-state index contributed by atoms with van der Waals surface area (Å²) in [5.41, 5.74) is 7.47. The van der Waals surface area contributed by atoms with Gasteiger partial charge >= 0.3 is 0 Å². The maximum Gasteiger partial charge on any atom is 0.199 e. The van der Waals surface area contributed by atoms with Crippen LogP contribution < -0.4 is 5.73 Å². The minimum absolute atomic E-state index is 0.0770. The van der Waals surface area contributed by atoms with Crippen molar-refractivity contribution in [1.29, 1.82) is 0 Å². The highest BCUT2D eigenvalue weighted by Gasteiger charge is 2.28. The predicted octanol–water partition coefficient (Wildman–Crippen LogP) is 1.48. The van der Waals surface area contributed by atoms with Crippen molar-refractivity contribution in [3.05, 3.63) is 47.0 Å². The van der Waals surface area contributed by atoms with Crippen LogP contribution in [-0.4, -0.2) is 19.9 Å². The Morgan fingerprint density at radius 3 is 2.16 bits per heavy atom. The maximum atomic E-state index is 10.3. The molecule has 0 saturated heterocycles. The molecule has 1 heterocycles. The van der Waals surface area contributed by atoms with Gasteiger partial charge in [-0.1, -0.05) is 30.3 Å². The van der Waals surface area contributed by atoms with E-state index in [1.807, 2.05) is 30.3 Å². The number of nitrogens with zero attached hydrogens (tertiary/aromatic N) is 1. The van der Waals surface area contributed by atoms with Crippen molar-refractivity contribution in [2.24, 2.45) is 12.8 Å². The lowest BCUT2D eigenvalue weighted by molar-refractivity contribution is 0.142. The molecule has 2 atom stereocenters. The largest absolute Gasteiger partial charge is 0.494 e. The Labute approximate surface area is 111 Å². The number of aliphatic hydroxyl groups excluding tert-OH is 1. The first-order valence-electron chi connectivity index (χ1n) is 6.00. The average Bonchev–Trinajstić information content (AvgIpc) is 2.62. The molecular weight excluding hydrogens is 244 g/mol. The Hall–Kier alpha value is -1.98. The van der Waals surface area contributed by atoms with Gasteiger partial charge in [-0.05, 0) is 12.5 Å². The van der Waals surface area contributed by atoms with Crippen LogP contribution in [0.3, 0.4) is 0 Å². The molecule has 1 aromatic carbocycles. The maximum absolute atomic E-state index is 10.3. The van der Waals surface area contributed by atoms with E-state index in [0.717, 1.165) is 5.56 Å². The number of hydrogen-bond acceptors (Lipinski definition) is 4.